The first-order valence-corrected chi connectivity index (χ1v) is 14.3. The summed E-state index contributed by atoms with van der Waals surface area (Å²) in [6.07, 6.45) is 0. The summed E-state index contributed by atoms with van der Waals surface area (Å²) in [7, 11) is 1.56. The Balaban J connectivity index is 1.45. The SMILES string of the molecule is COc1ccc(-c2c(C(=O)O)n(Cc3ccc4nsnc4c3)c3c2oc2ccccc23)c(OCc2ccccc2CO)c1. The van der Waals surface area contributed by atoms with E-state index < -0.39 is 5.97 Å². The summed E-state index contributed by atoms with van der Waals surface area (Å²) in [5.41, 5.74) is 6.78. The molecule has 0 fully saturated rings. The van der Waals surface area contributed by atoms with Crippen LogP contribution in [0.5, 0.6) is 11.5 Å². The van der Waals surface area contributed by atoms with Gasteiger partial charge < -0.3 is 28.7 Å². The lowest BCUT2D eigenvalue weighted by atomic mass is 10.0. The number of fused-ring (bicyclic) bond motifs is 4. The molecule has 0 aliphatic carbocycles. The highest BCUT2D eigenvalue weighted by atomic mass is 32.1. The average molecular weight is 592 g/mol. The van der Waals surface area contributed by atoms with Crippen molar-refractivity contribution in [2.75, 3.05) is 7.11 Å². The van der Waals surface area contributed by atoms with E-state index in [2.05, 4.69) is 8.75 Å². The van der Waals surface area contributed by atoms with E-state index in [4.69, 9.17) is 13.9 Å². The Kier molecular flexibility index (Phi) is 6.77. The van der Waals surface area contributed by atoms with E-state index in [1.165, 1.54) is 0 Å². The molecule has 7 rings (SSSR count). The third kappa shape index (κ3) is 4.66. The number of hydrogen-bond donors (Lipinski definition) is 2. The Hall–Kier alpha value is -5.19. The fourth-order valence-corrected chi connectivity index (χ4v) is 6.04. The van der Waals surface area contributed by atoms with Crippen LogP contribution >= 0.6 is 11.7 Å². The first-order valence-electron chi connectivity index (χ1n) is 13.5. The second kappa shape index (κ2) is 10.9. The molecule has 0 atom stereocenters. The van der Waals surface area contributed by atoms with Gasteiger partial charge in [-0.25, -0.2) is 4.79 Å². The second-order valence-electron chi connectivity index (χ2n) is 10.1. The monoisotopic (exact) mass is 591 g/mol. The minimum Gasteiger partial charge on any atom is -0.497 e. The third-order valence-electron chi connectivity index (χ3n) is 7.56. The minimum atomic E-state index is -1.10. The zero-order valence-electron chi connectivity index (χ0n) is 23.0. The van der Waals surface area contributed by atoms with Gasteiger partial charge >= 0.3 is 5.97 Å². The third-order valence-corrected chi connectivity index (χ3v) is 8.12. The minimum absolute atomic E-state index is 0.0711. The van der Waals surface area contributed by atoms with Gasteiger partial charge in [-0.3, -0.25) is 0 Å². The summed E-state index contributed by atoms with van der Waals surface area (Å²) in [5.74, 6) is -0.130. The predicted octanol–water partition coefficient (Wildman–Crippen LogP) is 6.89. The molecular formula is C33H25N3O6S. The van der Waals surface area contributed by atoms with Crippen LogP contribution in [-0.2, 0) is 19.8 Å². The van der Waals surface area contributed by atoms with Crippen molar-refractivity contribution in [1.82, 2.24) is 13.3 Å². The maximum absolute atomic E-state index is 13.1. The van der Waals surface area contributed by atoms with Crippen molar-refractivity contribution < 1.29 is 28.9 Å². The molecule has 0 aliphatic rings. The maximum Gasteiger partial charge on any atom is 0.353 e. The number of ether oxygens (including phenoxy) is 2. The van der Waals surface area contributed by atoms with Crippen molar-refractivity contribution in [3.05, 3.63) is 107 Å². The Morgan fingerprint density at radius 1 is 0.953 bits per heavy atom. The van der Waals surface area contributed by atoms with Crippen LogP contribution in [0.1, 0.15) is 27.2 Å². The molecule has 3 heterocycles. The molecule has 3 aromatic heterocycles. The maximum atomic E-state index is 13.1. The fraction of sp³-hybridized carbons (Fsp3) is 0.121. The first kappa shape index (κ1) is 26.7. The van der Waals surface area contributed by atoms with Gasteiger partial charge in [0.2, 0.25) is 0 Å². The number of furan rings is 1. The van der Waals surface area contributed by atoms with Gasteiger partial charge in [0.1, 0.15) is 40.4 Å². The van der Waals surface area contributed by atoms with Gasteiger partial charge in [0, 0.05) is 23.6 Å². The summed E-state index contributed by atoms with van der Waals surface area (Å²) in [6.45, 7) is 0.301. The number of methoxy groups -OCH3 is 1. The van der Waals surface area contributed by atoms with Gasteiger partial charge in [-0.05, 0) is 53.1 Å². The molecule has 0 radical (unpaired) electrons. The number of rotatable bonds is 9. The van der Waals surface area contributed by atoms with Crippen molar-refractivity contribution in [3.63, 3.8) is 0 Å². The molecule has 9 nitrogen and oxygen atoms in total. The molecule has 0 spiro atoms. The number of benzene rings is 4. The van der Waals surface area contributed by atoms with Crippen molar-refractivity contribution in [2.24, 2.45) is 0 Å². The van der Waals surface area contributed by atoms with Crippen LogP contribution in [0.3, 0.4) is 0 Å². The van der Waals surface area contributed by atoms with Gasteiger partial charge in [0.05, 0.1) is 36.5 Å². The Labute approximate surface area is 249 Å². The summed E-state index contributed by atoms with van der Waals surface area (Å²) in [5, 5.41) is 21.3. The van der Waals surface area contributed by atoms with E-state index in [0.717, 1.165) is 44.8 Å². The molecular weight excluding hydrogens is 566 g/mol. The van der Waals surface area contributed by atoms with E-state index >= 15 is 0 Å². The quantitative estimate of drug-likeness (QED) is 0.186. The zero-order valence-corrected chi connectivity index (χ0v) is 23.8. The highest BCUT2D eigenvalue weighted by Crippen LogP contribution is 2.45. The highest BCUT2D eigenvalue weighted by molar-refractivity contribution is 7.00. The second-order valence-corrected chi connectivity index (χ2v) is 10.6. The van der Waals surface area contributed by atoms with Gasteiger partial charge in [-0.15, -0.1) is 0 Å². The molecule has 7 aromatic rings. The van der Waals surface area contributed by atoms with Crippen molar-refractivity contribution in [3.8, 4) is 22.6 Å². The summed E-state index contributed by atoms with van der Waals surface area (Å²) in [4.78, 5) is 13.1. The molecule has 0 saturated carbocycles. The average Bonchev–Trinajstić information content (AvgIpc) is 3.73. The number of carboxylic acid groups (broad SMARTS) is 1. The number of aliphatic hydroxyl groups is 1. The van der Waals surface area contributed by atoms with Gasteiger partial charge in [-0.1, -0.05) is 42.5 Å². The lowest BCUT2D eigenvalue weighted by molar-refractivity contribution is 0.0687. The number of hydrogen-bond acceptors (Lipinski definition) is 8. The number of carboxylic acids is 1. The number of carbonyl (C=O) groups is 1. The van der Waals surface area contributed by atoms with E-state index in [1.807, 2.05) is 66.7 Å². The van der Waals surface area contributed by atoms with E-state index in [9.17, 15) is 15.0 Å². The van der Waals surface area contributed by atoms with Crippen LogP contribution in [0.15, 0.2) is 89.3 Å². The molecule has 214 valence electrons. The number of aromatic carboxylic acids is 1. The van der Waals surface area contributed by atoms with Crippen LogP contribution in [0, 0.1) is 0 Å². The smallest absolute Gasteiger partial charge is 0.353 e. The normalized spacial score (nSPS) is 11.5. The Bertz CT molecular complexity index is 2140. The number of aliphatic hydroxyl groups excluding tert-OH is 1. The molecule has 43 heavy (non-hydrogen) atoms. The number of para-hydroxylation sites is 1. The zero-order chi connectivity index (χ0) is 29.5. The van der Waals surface area contributed by atoms with Crippen LogP contribution in [0.25, 0.3) is 44.2 Å². The number of nitrogens with zero attached hydrogens (tertiary/aromatic N) is 3. The Morgan fingerprint density at radius 2 is 1.74 bits per heavy atom. The van der Waals surface area contributed by atoms with Crippen molar-refractivity contribution >= 4 is 50.8 Å². The molecule has 10 heteroatoms. The Morgan fingerprint density at radius 3 is 2.56 bits per heavy atom. The molecule has 2 N–H and O–H groups in total. The summed E-state index contributed by atoms with van der Waals surface area (Å²) >= 11 is 1.14. The van der Waals surface area contributed by atoms with Crippen LogP contribution in [0.2, 0.25) is 0 Å². The van der Waals surface area contributed by atoms with E-state index in [-0.39, 0.29) is 25.5 Å². The van der Waals surface area contributed by atoms with E-state index in [0.29, 0.717) is 39.3 Å². The van der Waals surface area contributed by atoms with Gasteiger partial charge in [-0.2, -0.15) is 8.75 Å². The van der Waals surface area contributed by atoms with Crippen LogP contribution < -0.4 is 9.47 Å². The molecule has 0 unspecified atom stereocenters. The van der Waals surface area contributed by atoms with Gasteiger partial charge in [0.15, 0.2) is 5.58 Å². The first-order chi connectivity index (χ1) is 21.1. The lowest BCUT2D eigenvalue weighted by Crippen LogP contribution is -2.11. The lowest BCUT2D eigenvalue weighted by Gasteiger charge is -2.15. The fourth-order valence-electron chi connectivity index (χ4n) is 5.53. The molecule has 0 saturated heterocycles. The highest BCUT2D eigenvalue weighted by Gasteiger charge is 2.30. The van der Waals surface area contributed by atoms with E-state index in [1.54, 1.807) is 29.9 Å². The largest absolute Gasteiger partial charge is 0.497 e. The van der Waals surface area contributed by atoms with Crippen molar-refractivity contribution in [2.45, 2.75) is 19.8 Å². The molecule has 0 bridgehead atoms. The topological polar surface area (TPSA) is 120 Å². The molecule has 0 aliphatic heterocycles. The number of aromatic nitrogens is 3. The van der Waals surface area contributed by atoms with Crippen molar-refractivity contribution in [1.29, 1.82) is 0 Å². The molecule has 4 aromatic carbocycles. The molecule has 0 amide bonds. The summed E-state index contributed by atoms with van der Waals surface area (Å²) in [6, 6.07) is 26.1. The van der Waals surface area contributed by atoms with Crippen LogP contribution in [0.4, 0.5) is 0 Å². The summed E-state index contributed by atoms with van der Waals surface area (Å²) < 4.78 is 28.7. The van der Waals surface area contributed by atoms with Crippen LogP contribution in [-0.4, -0.2) is 36.6 Å². The predicted molar refractivity (Wildman–Crippen MR) is 164 cm³/mol. The standard InChI is InChI=1S/C33H25N3O6S/c1-40-22-11-12-23(28(15-22)41-18-21-7-3-2-6-20(21)17-37)29-31(33(38)39)36(16-19-10-13-25-26(14-19)35-43-34-25)30-24-8-4-5-9-27(24)42-32(29)30/h2-15,37H,16-18H2,1H3,(H,38,39). The van der Waals surface area contributed by atoms with Gasteiger partial charge in [0.25, 0.3) is 0 Å².